The van der Waals surface area contributed by atoms with Crippen LogP contribution in [-0.4, -0.2) is 31.8 Å². The molecule has 0 atom stereocenters. The van der Waals surface area contributed by atoms with Crippen LogP contribution in [0.25, 0.3) is 0 Å². The summed E-state index contributed by atoms with van der Waals surface area (Å²) in [6.45, 7) is 10.7. The van der Waals surface area contributed by atoms with Crippen molar-refractivity contribution in [2.75, 3.05) is 19.8 Å². The highest BCUT2D eigenvalue weighted by Crippen LogP contribution is 2.31. The van der Waals surface area contributed by atoms with Crippen LogP contribution in [0.5, 0.6) is 5.75 Å². The summed E-state index contributed by atoms with van der Waals surface area (Å²) in [6.07, 6.45) is 0. The van der Waals surface area contributed by atoms with Crippen LogP contribution in [0.2, 0.25) is 0 Å². The van der Waals surface area contributed by atoms with E-state index in [-0.39, 0.29) is 24.1 Å². The van der Waals surface area contributed by atoms with E-state index in [2.05, 4.69) is 42.8 Å². The molecule has 23 heavy (non-hydrogen) atoms. The lowest BCUT2D eigenvalue weighted by Crippen LogP contribution is -2.41. The van der Waals surface area contributed by atoms with Crippen LogP contribution in [0, 0.1) is 6.92 Å². The SMILES string of the molecule is CC(=O)NCCNC(=O)NCOc1ccc(C)cc1C(C)(C)C. The van der Waals surface area contributed by atoms with Gasteiger partial charge in [-0.3, -0.25) is 4.79 Å². The summed E-state index contributed by atoms with van der Waals surface area (Å²) >= 11 is 0. The number of carbonyl (C=O) groups is 2. The molecule has 6 heteroatoms. The van der Waals surface area contributed by atoms with Gasteiger partial charge in [-0.25, -0.2) is 4.79 Å². The van der Waals surface area contributed by atoms with Crippen LogP contribution in [0.1, 0.15) is 38.8 Å². The van der Waals surface area contributed by atoms with Crippen LogP contribution in [0.3, 0.4) is 0 Å². The minimum atomic E-state index is -0.334. The van der Waals surface area contributed by atoms with E-state index in [0.717, 1.165) is 11.3 Å². The summed E-state index contributed by atoms with van der Waals surface area (Å²) in [4.78, 5) is 22.3. The second kappa shape index (κ2) is 8.41. The molecule has 0 fully saturated rings. The van der Waals surface area contributed by atoms with E-state index < -0.39 is 0 Å². The quantitative estimate of drug-likeness (QED) is 0.554. The zero-order valence-corrected chi connectivity index (χ0v) is 14.6. The number of amides is 3. The molecule has 0 heterocycles. The molecule has 6 nitrogen and oxygen atoms in total. The van der Waals surface area contributed by atoms with Gasteiger partial charge in [-0.1, -0.05) is 38.5 Å². The molecule has 0 aliphatic heterocycles. The number of hydrogen-bond donors (Lipinski definition) is 3. The Labute approximate surface area is 138 Å². The number of hydrogen-bond acceptors (Lipinski definition) is 3. The normalized spacial score (nSPS) is 10.8. The highest BCUT2D eigenvalue weighted by molar-refractivity contribution is 5.74. The number of ether oxygens (including phenoxy) is 1. The maximum Gasteiger partial charge on any atom is 0.317 e. The molecule has 0 bridgehead atoms. The molecule has 0 spiro atoms. The van der Waals surface area contributed by atoms with Crippen molar-refractivity contribution >= 4 is 11.9 Å². The van der Waals surface area contributed by atoms with Gasteiger partial charge in [0.25, 0.3) is 0 Å². The van der Waals surface area contributed by atoms with Gasteiger partial charge in [0.2, 0.25) is 5.91 Å². The third-order valence-electron chi connectivity index (χ3n) is 3.19. The van der Waals surface area contributed by atoms with E-state index in [1.165, 1.54) is 12.5 Å². The average Bonchev–Trinajstić information content (AvgIpc) is 2.44. The van der Waals surface area contributed by atoms with Crippen molar-refractivity contribution < 1.29 is 14.3 Å². The van der Waals surface area contributed by atoms with Crippen molar-refractivity contribution in [3.8, 4) is 5.75 Å². The van der Waals surface area contributed by atoms with Crippen LogP contribution >= 0.6 is 0 Å². The molecule has 1 aromatic carbocycles. The lowest BCUT2D eigenvalue weighted by molar-refractivity contribution is -0.118. The van der Waals surface area contributed by atoms with Gasteiger partial charge in [-0.05, 0) is 24.0 Å². The smallest absolute Gasteiger partial charge is 0.317 e. The Morgan fingerprint density at radius 1 is 1.09 bits per heavy atom. The third kappa shape index (κ3) is 7.04. The summed E-state index contributed by atoms with van der Waals surface area (Å²) < 4.78 is 5.69. The maximum absolute atomic E-state index is 11.6. The van der Waals surface area contributed by atoms with Crippen molar-refractivity contribution in [3.63, 3.8) is 0 Å². The van der Waals surface area contributed by atoms with Gasteiger partial charge in [0.1, 0.15) is 5.75 Å². The predicted octanol–water partition coefficient (Wildman–Crippen LogP) is 2.06. The molecule has 0 saturated heterocycles. The van der Waals surface area contributed by atoms with Crippen molar-refractivity contribution in [3.05, 3.63) is 29.3 Å². The van der Waals surface area contributed by atoms with Gasteiger partial charge in [0.15, 0.2) is 6.73 Å². The monoisotopic (exact) mass is 321 g/mol. The van der Waals surface area contributed by atoms with Crippen LogP contribution in [-0.2, 0) is 10.2 Å². The van der Waals surface area contributed by atoms with E-state index in [1.54, 1.807) is 0 Å². The first-order valence-electron chi connectivity index (χ1n) is 7.70. The molecule has 0 aromatic heterocycles. The lowest BCUT2D eigenvalue weighted by atomic mass is 9.85. The minimum Gasteiger partial charge on any atom is -0.473 e. The van der Waals surface area contributed by atoms with Crippen molar-refractivity contribution in [1.82, 2.24) is 16.0 Å². The standard InChI is InChI=1S/C17H27N3O3/c1-12-6-7-15(14(10-12)17(3,4)5)23-11-20-16(22)19-9-8-18-13(2)21/h6-7,10H,8-9,11H2,1-5H3,(H,18,21)(H2,19,20,22). The lowest BCUT2D eigenvalue weighted by Gasteiger charge is -2.23. The molecule has 0 aliphatic carbocycles. The van der Waals surface area contributed by atoms with E-state index in [0.29, 0.717) is 13.1 Å². The zero-order chi connectivity index (χ0) is 17.5. The summed E-state index contributed by atoms with van der Waals surface area (Å²) in [6, 6.07) is 5.67. The summed E-state index contributed by atoms with van der Waals surface area (Å²) in [7, 11) is 0. The predicted molar refractivity (Wildman–Crippen MR) is 90.6 cm³/mol. The minimum absolute atomic E-state index is 0.0397. The van der Waals surface area contributed by atoms with Crippen molar-refractivity contribution in [2.45, 2.75) is 40.0 Å². The second-order valence-electron chi connectivity index (χ2n) is 6.45. The van der Waals surface area contributed by atoms with E-state index >= 15 is 0 Å². The number of carbonyl (C=O) groups excluding carboxylic acids is 2. The molecule has 128 valence electrons. The molecule has 0 saturated carbocycles. The summed E-state index contributed by atoms with van der Waals surface area (Å²) in [5, 5.41) is 7.86. The highest BCUT2D eigenvalue weighted by atomic mass is 16.5. The fourth-order valence-electron chi connectivity index (χ4n) is 2.01. The number of aryl methyl sites for hydroxylation is 1. The highest BCUT2D eigenvalue weighted by Gasteiger charge is 2.19. The Morgan fingerprint density at radius 2 is 1.74 bits per heavy atom. The summed E-state index contributed by atoms with van der Waals surface area (Å²) in [5.74, 6) is 0.645. The van der Waals surface area contributed by atoms with Gasteiger partial charge < -0.3 is 20.7 Å². The molecule has 3 N–H and O–H groups in total. The molecule has 1 aromatic rings. The second-order valence-corrected chi connectivity index (χ2v) is 6.45. The van der Waals surface area contributed by atoms with Crippen LogP contribution in [0.4, 0.5) is 4.79 Å². The van der Waals surface area contributed by atoms with E-state index in [1.807, 2.05) is 19.1 Å². The fraction of sp³-hybridized carbons (Fsp3) is 0.529. The largest absolute Gasteiger partial charge is 0.473 e. The molecule has 0 unspecified atom stereocenters. The van der Waals surface area contributed by atoms with E-state index in [9.17, 15) is 9.59 Å². The summed E-state index contributed by atoms with van der Waals surface area (Å²) in [5.41, 5.74) is 2.23. The first-order chi connectivity index (χ1) is 10.7. The first-order valence-corrected chi connectivity index (χ1v) is 7.70. The Bertz CT molecular complexity index is 551. The van der Waals surface area contributed by atoms with Gasteiger partial charge in [0, 0.05) is 20.0 Å². The molecule has 0 radical (unpaired) electrons. The first kappa shape index (κ1) is 18.8. The van der Waals surface area contributed by atoms with Crippen molar-refractivity contribution in [1.29, 1.82) is 0 Å². The third-order valence-corrected chi connectivity index (χ3v) is 3.19. The Hall–Kier alpha value is -2.24. The topological polar surface area (TPSA) is 79.5 Å². The zero-order valence-electron chi connectivity index (χ0n) is 14.6. The van der Waals surface area contributed by atoms with Crippen LogP contribution in [0.15, 0.2) is 18.2 Å². The Morgan fingerprint density at radius 3 is 2.35 bits per heavy atom. The van der Waals surface area contributed by atoms with E-state index in [4.69, 9.17) is 4.74 Å². The number of nitrogens with one attached hydrogen (secondary N) is 3. The molecule has 3 amide bonds. The Kier molecular flexibility index (Phi) is 6.88. The molecule has 0 aliphatic rings. The molecule has 1 rings (SSSR count). The van der Waals surface area contributed by atoms with Gasteiger partial charge in [-0.2, -0.15) is 0 Å². The van der Waals surface area contributed by atoms with Gasteiger partial charge in [-0.15, -0.1) is 0 Å². The van der Waals surface area contributed by atoms with Crippen LogP contribution < -0.4 is 20.7 Å². The number of benzene rings is 1. The Balaban J connectivity index is 2.44. The average molecular weight is 321 g/mol. The fourth-order valence-corrected chi connectivity index (χ4v) is 2.01. The number of urea groups is 1. The maximum atomic E-state index is 11.6. The molecular weight excluding hydrogens is 294 g/mol. The van der Waals surface area contributed by atoms with Crippen molar-refractivity contribution in [2.24, 2.45) is 0 Å². The van der Waals surface area contributed by atoms with Gasteiger partial charge in [0.05, 0.1) is 0 Å². The molecular formula is C17H27N3O3. The van der Waals surface area contributed by atoms with Gasteiger partial charge >= 0.3 is 6.03 Å². The number of rotatable bonds is 6.